The van der Waals surface area contributed by atoms with Crippen molar-refractivity contribution in [2.75, 3.05) is 5.75 Å². The minimum atomic E-state index is -4.33. The maximum absolute atomic E-state index is 11.8. The number of diazo groups is 1. The van der Waals surface area contributed by atoms with E-state index in [-0.39, 0.29) is 28.5 Å². The van der Waals surface area contributed by atoms with Gasteiger partial charge in [-0.2, -0.15) is 0 Å². The fourth-order valence-electron chi connectivity index (χ4n) is 4.11. The molecule has 0 heterocycles. The maximum Gasteiger partial charge on any atom is 0.461 e. The third-order valence-corrected chi connectivity index (χ3v) is 6.59. The molecule has 0 aromatic heterocycles. The number of nitrogens with zero attached hydrogens (tertiary/aromatic N) is 3. The van der Waals surface area contributed by atoms with Crippen LogP contribution < -0.4 is 0 Å². The standard InChI is InChI=1S/C10H16O4S.C6H4N3O2/c1-9(2)7-3-4-10(9,8(11)5-7)6-15(12,13)14;7-8-5-3-1-2-4-6(5)9(10)11/h7H,3-6H2,1-2H3,(H,12,13,14);1-4H/q;+1/p-1/t7-,10-;/m0./s1. The van der Waals surface area contributed by atoms with Gasteiger partial charge >= 0.3 is 11.4 Å². The van der Waals surface area contributed by atoms with Crippen LogP contribution in [-0.4, -0.2) is 29.4 Å². The van der Waals surface area contributed by atoms with Gasteiger partial charge in [-0.1, -0.05) is 26.0 Å². The number of nitro benzene ring substituents is 1. The number of carbonyl (C=O) groups excluding carboxylic acids is 1. The van der Waals surface area contributed by atoms with Crippen LogP contribution in [0.1, 0.15) is 33.1 Å². The second kappa shape index (κ2) is 6.74. The Kier molecular flexibility index (Phi) is 5.17. The van der Waals surface area contributed by atoms with Gasteiger partial charge in [0.25, 0.3) is 0 Å². The van der Waals surface area contributed by atoms with Crippen LogP contribution in [0.3, 0.4) is 0 Å². The highest BCUT2D eigenvalue weighted by atomic mass is 32.2. The molecule has 2 bridgehead atoms. The van der Waals surface area contributed by atoms with E-state index in [9.17, 15) is 27.9 Å². The van der Waals surface area contributed by atoms with Gasteiger partial charge in [0.1, 0.15) is 5.78 Å². The Balaban J connectivity index is 0.000000197. The molecule has 0 N–H and O–H groups in total. The van der Waals surface area contributed by atoms with Crippen molar-refractivity contribution in [3.63, 3.8) is 0 Å². The highest BCUT2D eigenvalue weighted by Gasteiger charge is 2.64. The average molecular weight is 381 g/mol. The molecule has 2 aliphatic carbocycles. The largest absolute Gasteiger partial charge is 0.748 e. The third kappa shape index (κ3) is 3.45. The normalized spacial score (nSPS) is 25.9. The average Bonchev–Trinajstić information content (AvgIpc) is 2.88. The number of hydrogen-bond donors (Lipinski definition) is 0. The number of hydrogen-bond acceptors (Lipinski definition) is 7. The van der Waals surface area contributed by atoms with E-state index in [0.717, 1.165) is 6.42 Å². The van der Waals surface area contributed by atoms with E-state index in [1.54, 1.807) is 6.07 Å². The number of Topliss-reactive ketones (excluding diaryl/α,β-unsaturated/α-hetero) is 1. The van der Waals surface area contributed by atoms with E-state index < -0.39 is 26.2 Å². The molecule has 140 valence electrons. The van der Waals surface area contributed by atoms with Gasteiger partial charge in [0.2, 0.25) is 5.39 Å². The SMILES string of the molecule is CC1(C)[C@H]2CC[C@]1(CS(=O)(=O)[O-])C(=O)C2.N#[N+]c1ccccc1[N+](=O)[O-]. The minimum Gasteiger partial charge on any atom is -0.748 e. The second-order valence-corrected chi connectivity index (χ2v) is 8.62. The molecule has 2 aliphatic rings. The van der Waals surface area contributed by atoms with Gasteiger partial charge < -0.3 is 4.55 Å². The number of nitro groups is 1. The zero-order chi connectivity index (χ0) is 19.8. The Morgan fingerprint density at radius 3 is 2.35 bits per heavy atom. The van der Waals surface area contributed by atoms with Crippen molar-refractivity contribution in [1.82, 2.24) is 0 Å². The van der Waals surface area contributed by atoms with Crippen LogP contribution in [0.25, 0.3) is 4.98 Å². The van der Waals surface area contributed by atoms with Crippen LogP contribution >= 0.6 is 0 Å². The number of ketones is 1. The summed E-state index contributed by atoms with van der Waals surface area (Å²) in [4.78, 5) is 24.2. The van der Waals surface area contributed by atoms with Crippen LogP contribution in [0.15, 0.2) is 24.3 Å². The number of benzene rings is 1. The van der Waals surface area contributed by atoms with Crippen molar-refractivity contribution in [3.8, 4) is 0 Å². The summed E-state index contributed by atoms with van der Waals surface area (Å²) in [5, 5.41) is 18.5. The summed E-state index contributed by atoms with van der Waals surface area (Å²) in [5.74, 6) is -0.280. The van der Waals surface area contributed by atoms with Crippen molar-refractivity contribution in [1.29, 1.82) is 5.39 Å². The van der Waals surface area contributed by atoms with Crippen molar-refractivity contribution in [2.24, 2.45) is 16.7 Å². The molecule has 0 unspecified atom stereocenters. The topological polar surface area (TPSA) is 146 Å². The summed E-state index contributed by atoms with van der Waals surface area (Å²) in [7, 11) is -4.33. The van der Waals surface area contributed by atoms with E-state index in [1.807, 2.05) is 13.8 Å². The molecule has 0 radical (unpaired) electrons. The first-order valence-electron chi connectivity index (χ1n) is 8.00. The van der Waals surface area contributed by atoms with Gasteiger partial charge in [-0.05, 0) is 24.2 Å². The number of fused-ring (bicyclic) bond motifs is 2. The van der Waals surface area contributed by atoms with Gasteiger partial charge in [-0.3, -0.25) is 14.9 Å². The molecule has 2 fully saturated rings. The van der Waals surface area contributed by atoms with E-state index in [0.29, 0.717) is 12.8 Å². The predicted molar refractivity (Wildman–Crippen MR) is 91.0 cm³/mol. The molecule has 9 nitrogen and oxygen atoms in total. The summed E-state index contributed by atoms with van der Waals surface area (Å²) >= 11 is 0. The van der Waals surface area contributed by atoms with Gasteiger partial charge in [0.05, 0.1) is 20.8 Å². The smallest absolute Gasteiger partial charge is 0.461 e. The van der Waals surface area contributed by atoms with Crippen molar-refractivity contribution in [3.05, 3.63) is 39.4 Å². The Hall–Kier alpha value is -2.38. The zero-order valence-corrected chi connectivity index (χ0v) is 15.2. The summed E-state index contributed by atoms with van der Waals surface area (Å²) in [5.41, 5.74) is -1.45. The lowest BCUT2D eigenvalue weighted by molar-refractivity contribution is -0.383. The third-order valence-electron chi connectivity index (χ3n) is 5.75. The molecule has 3 rings (SSSR count). The summed E-state index contributed by atoms with van der Waals surface area (Å²) in [6, 6.07) is 5.70. The fourth-order valence-corrected chi connectivity index (χ4v) is 5.39. The molecule has 0 saturated heterocycles. The van der Waals surface area contributed by atoms with Gasteiger partial charge in [-0.15, -0.1) is 0 Å². The van der Waals surface area contributed by atoms with Crippen LogP contribution in [-0.2, 0) is 14.9 Å². The van der Waals surface area contributed by atoms with Gasteiger partial charge in [0.15, 0.2) is 4.98 Å². The summed E-state index contributed by atoms with van der Waals surface area (Å²) < 4.78 is 32.7. The van der Waals surface area contributed by atoms with Crippen LogP contribution in [0.2, 0.25) is 0 Å². The van der Waals surface area contributed by atoms with Crippen LogP contribution in [0, 0.1) is 32.3 Å². The van der Waals surface area contributed by atoms with Crippen molar-refractivity contribution < 1.29 is 22.7 Å². The Bertz CT molecular complexity index is 889. The quantitative estimate of drug-likeness (QED) is 0.338. The molecule has 26 heavy (non-hydrogen) atoms. The lowest BCUT2D eigenvalue weighted by Gasteiger charge is -2.37. The lowest BCUT2D eigenvalue weighted by Crippen LogP contribution is -2.42. The molecular weight excluding hydrogens is 362 g/mol. The Morgan fingerprint density at radius 1 is 1.35 bits per heavy atom. The van der Waals surface area contributed by atoms with Gasteiger partial charge in [-0.25, -0.2) is 8.42 Å². The monoisotopic (exact) mass is 381 g/mol. The molecule has 10 heteroatoms. The molecule has 0 amide bonds. The minimum absolute atomic E-state index is 0.0248. The Morgan fingerprint density at radius 2 is 1.96 bits per heavy atom. The Labute approximate surface area is 150 Å². The molecular formula is C16H19N3O6S. The van der Waals surface area contributed by atoms with Crippen molar-refractivity contribution >= 4 is 27.3 Å². The highest BCUT2D eigenvalue weighted by molar-refractivity contribution is 7.85. The van der Waals surface area contributed by atoms with Crippen LogP contribution in [0.5, 0.6) is 0 Å². The van der Waals surface area contributed by atoms with E-state index in [2.05, 4.69) is 4.98 Å². The molecule has 1 aromatic carbocycles. The number of carbonyl (C=O) groups is 1. The second-order valence-electron chi connectivity index (χ2n) is 7.21. The fraction of sp³-hybridized carbons (Fsp3) is 0.562. The highest BCUT2D eigenvalue weighted by Crippen LogP contribution is 2.64. The van der Waals surface area contributed by atoms with E-state index in [1.165, 1.54) is 18.2 Å². The number of rotatable bonds is 3. The van der Waals surface area contributed by atoms with E-state index in [4.69, 9.17) is 5.39 Å². The molecule has 1 aromatic rings. The lowest BCUT2D eigenvalue weighted by atomic mass is 9.70. The maximum atomic E-state index is 11.8. The molecule has 2 atom stereocenters. The zero-order valence-electron chi connectivity index (χ0n) is 14.4. The first kappa shape index (κ1) is 19.9. The van der Waals surface area contributed by atoms with Crippen molar-refractivity contribution in [2.45, 2.75) is 33.1 Å². The molecule has 0 aliphatic heterocycles. The molecule has 0 spiro atoms. The number of para-hydroxylation sites is 1. The predicted octanol–water partition coefficient (Wildman–Crippen LogP) is 3.01. The summed E-state index contributed by atoms with van der Waals surface area (Å²) in [6.45, 7) is 3.83. The molecule has 2 saturated carbocycles. The van der Waals surface area contributed by atoms with Gasteiger partial charge in [0, 0.05) is 24.0 Å². The van der Waals surface area contributed by atoms with E-state index >= 15 is 0 Å². The first-order valence-corrected chi connectivity index (χ1v) is 9.58. The first-order chi connectivity index (χ1) is 11.9. The summed E-state index contributed by atoms with van der Waals surface area (Å²) in [6.07, 6.45) is 1.88. The van der Waals surface area contributed by atoms with Crippen LogP contribution in [0.4, 0.5) is 11.4 Å².